The standard InChI is InChI=1S/C15H24O4/c1-3-4-10(2)13(16)7-5-11-6-8-14(17)12(11)9-15(18)19/h5,7,10-13,16H,3-4,6,8-9H2,1-2H3,(H,18,19)/t10?,11-,12+,13?/m1/s1. The number of hydrogen-bond acceptors (Lipinski definition) is 3. The fourth-order valence-corrected chi connectivity index (χ4v) is 2.69. The lowest BCUT2D eigenvalue weighted by molar-refractivity contribution is -0.140. The third-order valence-corrected chi connectivity index (χ3v) is 3.93. The summed E-state index contributed by atoms with van der Waals surface area (Å²) in [6.45, 7) is 4.07. The van der Waals surface area contributed by atoms with E-state index in [0.717, 1.165) is 12.8 Å². The molecule has 1 fully saturated rings. The average molecular weight is 268 g/mol. The number of aliphatic carboxylic acids is 1. The number of Topliss-reactive ketones (excluding diaryl/α,β-unsaturated/α-hetero) is 1. The quantitative estimate of drug-likeness (QED) is 0.695. The Kier molecular flexibility index (Phi) is 6.22. The van der Waals surface area contributed by atoms with Gasteiger partial charge in [-0.2, -0.15) is 0 Å². The summed E-state index contributed by atoms with van der Waals surface area (Å²) in [6.07, 6.45) is 6.09. The fourth-order valence-electron chi connectivity index (χ4n) is 2.69. The van der Waals surface area contributed by atoms with Crippen LogP contribution in [0.4, 0.5) is 0 Å². The molecule has 0 aromatic heterocycles. The highest BCUT2D eigenvalue weighted by molar-refractivity contribution is 5.87. The van der Waals surface area contributed by atoms with Gasteiger partial charge in [0.15, 0.2) is 0 Å². The summed E-state index contributed by atoms with van der Waals surface area (Å²) < 4.78 is 0. The van der Waals surface area contributed by atoms with E-state index in [1.807, 2.05) is 13.0 Å². The summed E-state index contributed by atoms with van der Waals surface area (Å²) in [4.78, 5) is 22.4. The van der Waals surface area contributed by atoms with E-state index in [4.69, 9.17) is 5.11 Å². The molecule has 0 heterocycles. The van der Waals surface area contributed by atoms with Crippen LogP contribution in [0, 0.1) is 17.8 Å². The molecule has 0 radical (unpaired) electrons. The zero-order valence-electron chi connectivity index (χ0n) is 11.7. The van der Waals surface area contributed by atoms with E-state index in [2.05, 4.69) is 6.92 Å². The van der Waals surface area contributed by atoms with E-state index in [-0.39, 0.29) is 24.0 Å². The summed E-state index contributed by atoms with van der Waals surface area (Å²) in [6, 6.07) is 0. The van der Waals surface area contributed by atoms with Gasteiger partial charge in [-0.1, -0.05) is 32.4 Å². The highest BCUT2D eigenvalue weighted by Gasteiger charge is 2.34. The van der Waals surface area contributed by atoms with E-state index >= 15 is 0 Å². The minimum Gasteiger partial charge on any atom is -0.481 e. The van der Waals surface area contributed by atoms with Crippen molar-refractivity contribution in [2.75, 3.05) is 0 Å². The smallest absolute Gasteiger partial charge is 0.304 e. The number of rotatable bonds is 7. The number of aliphatic hydroxyl groups excluding tert-OH is 1. The largest absolute Gasteiger partial charge is 0.481 e. The van der Waals surface area contributed by atoms with Crippen molar-refractivity contribution in [3.63, 3.8) is 0 Å². The second-order valence-corrected chi connectivity index (χ2v) is 5.51. The second-order valence-electron chi connectivity index (χ2n) is 5.51. The third kappa shape index (κ3) is 4.78. The van der Waals surface area contributed by atoms with Gasteiger partial charge in [-0.3, -0.25) is 9.59 Å². The van der Waals surface area contributed by atoms with Crippen molar-refractivity contribution in [3.8, 4) is 0 Å². The van der Waals surface area contributed by atoms with Crippen LogP contribution in [0.2, 0.25) is 0 Å². The van der Waals surface area contributed by atoms with Crippen LogP contribution in [0.5, 0.6) is 0 Å². The molecule has 19 heavy (non-hydrogen) atoms. The number of carbonyl (C=O) groups excluding carboxylic acids is 1. The summed E-state index contributed by atoms with van der Waals surface area (Å²) in [5, 5.41) is 18.8. The molecule has 0 bridgehead atoms. The molecule has 1 aliphatic carbocycles. The molecule has 0 aliphatic heterocycles. The monoisotopic (exact) mass is 268 g/mol. The van der Waals surface area contributed by atoms with Crippen LogP contribution >= 0.6 is 0 Å². The molecule has 2 unspecified atom stereocenters. The molecule has 1 aliphatic rings. The zero-order valence-corrected chi connectivity index (χ0v) is 11.7. The van der Waals surface area contributed by atoms with E-state index in [9.17, 15) is 14.7 Å². The van der Waals surface area contributed by atoms with Gasteiger partial charge in [0.2, 0.25) is 0 Å². The molecule has 0 aromatic carbocycles. The Morgan fingerprint density at radius 1 is 1.53 bits per heavy atom. The van der Waals surface area contributed by atoms with Crippen LogP contribution in [0.25, 0.3) is 0 Å². The van der Waals surface area contributed by atoms with Gasteiger partial charge in [-0.15, -0.1) is 0 Å². The lowest BCUT2D eigenvalue weighted by Crippen LogP contribution is -2.19. The van der Waals surface area contributed by atoms with Crippen LogP contribution in [0.15, 0.2) is 12.2 Å². The Labute approximate surface area is 114 Å². The molecule has 4 heteroatoms. The molecule has 4 nitrogen and oxygen atoms in total. The predicted molar refractivity (Wildman–Crippen MR) is 72.7 cm³/mol. The molecule has 0 aromatic rings. The molecule has 0 saturated heterocycles. The van der Waals surface area contributed by atoms with Gasteiger partial charge < -0.3 is 10.2 Å². The maximum Gasteiger partial charge on any atom is 0.304 e. The van der Waals surface area contributed by atoms with Gasteiger partial charge in [0, 0.05) is 12.3 Å². The number of hydrogen-bond donors (Lipinski definition) is 2. The van der Waals surface area contributed by atoms with Crippen molar-refractivity contribution in [1.29, 1.82) is 0 Å². The molecule has 1 rings (SSSR count). The summed E-state index contributed by atoms with van der Waals surface area (Å²) in [5.41, 5.74) is 0. The zero-order chi connectivity index (χ0) is 14.4. The van der Waals surface area contributed by atoms with E-state index in [1.165, 1.54) is 0 Å². The number of ketones is 1. The Morgan fingerprint density at radius 2 is 2.21 bits per heavy atom. The maximum absolute atomic E-state index is 11.6. The first kappa shape index (κ1) is 15.9. The van der Waals surface area contributed by atoms with E-state index < -0.39 is 18.0 Å². The minimum absolute atomic E-state index is 0.0351. The Morgan fingerprint density at radius 3 is 2.79 bits per heavy atom. The number of carbonyl (C=O) groups is 2. The van der Waals surface area contributed by atoms with Crippen molar-refractivity contribution in [1.82, 2.24) is 0 Å². The second kappa shape index (κ2) is 7.43. The Hall–Kier alpha value is -1.16. The first-order valence-electron chi connectivity index (χ1n) is 7.06. The SMILES string of the molecule is CCCC(C)C(O)C=C[C@@H]1CCC(=O)[C@H]1CC(=O)O. The van der Waals surface area contributed by atoms with Crippen LogP contribution < -0.4 is 0 Å². The molecule has 0 spiro atoms. The van der Waals surface area contributed by atoms with Crippen molar-refractivity contribution in [3.05, 3.63) is 12.2 Å². The minimum atomic E-state index is -0.932. The highest BCUT2D eigenvalue weighted by Crippen LogP contribution is 2.32. The third-order valence-electron chi connectivity index (χ3n) is 3.93. The van der Waals surface area contributed by atoms with Gasteiger partial charge in [0.25, 0.3) is 0 Å². The van der Waals surface area contributed by atoms with Crippen molar-refractivity contribution >= 4 is 11.8 Å². The lowest BCUT2D eigenvalue weighted by Gasteiger charge is -2.16. The van der Waals surface area contributed by atoms with Crippen LogP contribution in [-0.4, -0.2) is 28.1 Å². The van der Waals surface area contributed by atoms with Gasteiger partial charge >= 0.3 is 5.97 Å². The van der Waals surface area contributed by atoms with Gasteiger partial charge in [-0.25, -0.2) is 0 Å². The van der Waals surface area contributed by atoms with E-state index in [0.29, 0.717) is 12.8 Å². The van der Waals surface area contributed by atoms with Gasteiger partial charge in [0.1, 0.15) is 5.78 Å². The molecular formula is C15H24O4. The summed E-state index contributed by atoms with van der Waals surface area (Å²) in [5.74, 6) is -1.16. The lowest BCUT2D eigenvalue weighted by atomic mass is 9.90. The fraction of sp³-hybridized carbons (Fsp3) is 0.733. The highest BCUT2D eigenvalue weighted by atomic mass is 16.4. The normalized spacial score (nSPS) is 26.8. The maximum atomic E-state index is 11.6. The first-order chi connectivity index (χ1) is 8.95. The van der Waals surface area contributed by atoms with Gasteiger partial charge in [0.05, 0.1) is 12.5 Å². The number of aliphatic hydroxyl groups is 1. The topological polar surface area (TPSA) is 74.6 Å². The van der Waals surface area contributed by atoms with Crippen molar-refractivity contribution in [2.24, 2.45) is 17.8 Å². The van der Waals surface area contributed by atoms with Crippen LogP contribution in [0.3, 0.4) is 0 Å². The van der Waals surface area contributed by atoms with Gasteiger partial charge in [-0.05, 0) is 24.7 Å². The van der Waals surface area contributed by atoms with Crippen LogP contribution in [-0.2, 0) is 9.59 Å². The molecule has 0 amide bonds. The Bertz CT molecular complexity index is 348. The first-order valence-corrected chi connectivity index (χ1v) is 7.06. The molecule has 108 valence electrons. The van der Waals surface area contributed by atoms with Crippen molar-refractivity contribution < 1.29 is 19.8 Å². The number of carboxylic acids is 1. The van der Waals surface area contributed by atoms with Crippen molar-refractivity contribution in [2.45, 2.75) is 52.1 Å². The molecular weight excluding hydrogens is 244 g/mol. The summed E-state index contributed by atoms with van der Waals surface area (Å²) in [7, 11) is 0. The number of allylic oxidation sites excluding steroid dienone is 1. The molecule has 1 saturated carbocycles. The number of carboxylic acid groups (broad SMARTS) is 1. The Balaban J connectivity index is 2.59. The molecule has 4 atom stereocenters. The van der Waals surface area contributed by atoms with E-state index in [1.54, 1.807) is 6.08 Å². The summed E-state index contributed by atoms with van der Waals surface area (Å²) >= 11 is 0. The predicted octanol–water partition coefficient (Wildman–Crippen LogP) is 2.41. The molecule has 2 N–H and O–H groups in total. The van der Waals surface area contributed by atoms with Crippen LogP contribution in [0.1, 0.15) is 46.0 Å². The average Bonchev–Trinajstić information content (AvgIpc) is 2.67.